The van der Waals surface area contributed by atoms with Crippen molar-refractivity contribution in [3.63, 3.8) is 0 Å². The van der Waals surface area contributed by atoms with Gasteiger partial charge in [-0.05, 0) is 50.1 Å². The number of carbonyl (C=O) groups excluding carboxylic acids is 1. The summed E-state index contributed by atoms with van der Waals surface area (Å²) >= 11 is 0. The van der Waals surface area contributed by atoms with E-state index in [0.29, 0.717) is 18.5 Å². The Balaban J connectivity index is 1.69. The van der Waals surface area contributed by atoms with E-state index < -0.39 is 5.97 Å². The number of aliphatic carboxylic acids is 1. The van der Waals surface area contributed by atoms with Crippen molar-refractivity contribution in [2.75, 3.05) is 7.11 Å². The van der Waals surface area contributed by atoms with Crippen LogP contribution in [0.1, 0.15) is 29.0 Å². The summed E-state index contributed by atoms with van der Waals surface area (Å²) < 4.78 is 6.82. The van der Waals surface area contributed by atoms with Gasteiger partial charge in [0.15, 0.2) is 5.69 Å². The number of aryl methyl sites for hydroxylation is 1. The number of benzene rings is 1. The standard InChI is InChI=1S/C17H19N3O4/c1-10-7-15(16(21)18-12-8-11(9-12)17(22)23)19-20(10)13-3-5-14(24-2)6-4-13/h3-7,11-12H,8-9H2,1-2H3,(H,18,21)(H,22,23). The fourth-order valence-corrected chi connectivity index (χ4v) is 2.77. The minimum Gasteiger partial charge on any atom is -0.497 e. The molecule has 0 aliphatic heterocycles. The monoisotopic (exact) mass is 329 g/mol. The Morgan fingerprint density at radius 1 is 1.29 bits per heavy atom. The van der Waals surface area contributed by atoms with E-state index in [1.165, 1.54) is 0 Å². The Kier molecular flexibility index (Phi) is 4.24. The second kappa shape index (κ2) is 6.35. The van der Waals surface area contributed by atoms with Crippen molar-refractivity contribution >= 4 is 11.9 Å². The van der Waals surface area contributed by atoms with Gasteiger partial charge in [0.2, 0.25) is 0 Å². The maximum atomic E-state index is 12.3. The molecule has 3 rings (SSSR count). The lowest BCUT2D eigenvalue weighted by Crippen LogP contribution is -2.46. The summed E-state index contributed by atoms with van der Waals surface area (Å²) in [6.07, 6.45) is 0.943. The lowest BCUT2D eigenvalue weighted by Gasteiger charge is -2.32. The average molecular weight is 329 g/mol. The molecule has 0 bridgehead atoms. The zero-order valence-electron chi connectivity index (χ0n) is 13.5. The lowest BCUT2D eigenvalue weighted by molar-refractivity contribution is -0.145. The topological polar surface area (TPSA) is 93.5 Å². The Morgan fingerprint density at radius 2 is 1.96 bits per heavy atom. The molecule has 2 aromatic rings. The van der Waals surface area contributed by atoms with Crippen LogP contribution in [0.2, 0.25) is 0 Å². The summed E-state index contributed by atoms with van der Waals surface area (Å²) in [6, 6.07) is 9.01. The maximum Gasteiger partial charge on any atom is 0.306 e. The number of rotatable bonds is 5. The van der Waals surface area contributed by atoms with Gasteiger partial charge in [-0.3, -0.25) is 9.59 Å². The number of amides is 1. The van der Waals surface area contributed by atoms with Crippen LogP contribution in [0, 0.1) is 12.8 Å². The number of carbonyl (C=O) groups is 2. The number of hydrogen-bond donors (Lipinski definition) is 2. The van der Waals surface area contributed by atoms with E-state index in [2.05, 4.69) is 10.4 Å². The smallest absolute Gasteiger partial charge is 0.306 e. The van der Waals surface area contributed by atoms with Crippen LogP contribution in [-0.4, -0.2) is 39.9 Å². The second-order valence-electron chi connectivity index (χ2n) is 5.96. The van der Waals surface area contributed by atoms with Crippen molar-refractivity contribution in [2.45, 2.75) is 25.8 Å². The molecule has 0 spiro atoms. The Morgan fingerprint density at radius 3 is 2.54 bits per heavy atom. The lowest BCUT2D eigenvalue weighted by atomic mass is 9.80. The Hall–Kier alpha value is -2.83. The second-order valence-corrected chi connectivity index (χ2v) is 5.96. The van der Waals surface area contributed by atoms with Gasteiger partial charge in [0.25, 0.3) is 5.91 Å². The van der Waals surface area contributed by atoms with Crippen LogP contribution >= 0.6 is 0 Å². The van der Waals surface area contributed by atoms with Gasteiger partial charge < -0.3 is 15.2 Å². The van der Waals surface area contributed by atoms with Crippen LogP contribution in [0.5, 0.6) is 5.75 Å². The van der Waals surface area contributed by atoms with Crippen molar-refractivity contribution < 1.29 is 19.4 Å². The van der Waals surface area contributed by atoms with E-state index in [-0.39, 0.29) is 17.9 Å². The number of aromatic nitrogens is 2. The molecule has 0 saturated heterocycles. The first-order valence-electron chi connectivity index (χ1n) is 7.72. The minimum atomic E-state index is -0.805. The van der Waals surface area contributed by atoms with Gasteiger partial charge in [0.1, 0.15) is 5.75 Å². The summed E-state index contributed by atoms with van der Waals surface area (Å²) in [5.41, 5.74) is 1.99. The zero-order chi connectivity index (χ0) is 17.3. The fourth-order valence-electron chi connectivity index (χ4n) is 2.77. The molecule has 0 radical (unpaired) electrons. The molecule has 1 heterocycles. The van der Waals surface area contributed by atoms with E-state index >= 15 is 0 Å². The Labute approximate surface area is 139 Å². The number of carboxylic acid groups (broad SMARTS) is 1. The van der Waals surface area contributed by atoms with Crippen LogP contribution in [-0.2, 0) is 4.79 Å². The molecule has 1 fully saturated rings. The van der Waals surface area contributed by atoms with Crippen molar-refractivity contribution in [3.05, 3.63) is 41.7 Å². The third kappa shape index (κ3) is 3.10. The third-order valence-electron chi connectivity index (χ3n) is 4.26. The van der Waals surface area contributed by atoms with Crippen molar-refractivity contribution in [3.8, 4) is 11.4 Å². The van der Waals surface area contributed by atoms with Gasteiger partial charge in [-0.1, -0.05) is 0 Å². The predicted octanol–water partition coefficient (Wildman–Crippen LogP) is 1.78. The molecule has 1 saturated carbocycles. The first kappa shape index (κ1) is 16.0. The van der Waals surface area contributed by atoms with Crippen LogP contribution in [0.4, 0.5) is 0 Å². The van der Waals surface area contributed by atoms with Crippen LogP contribution in [0.25, 0.3) is 5.69 Å². The summed E-state index contributed by atoms with van der Waals surface area (Å²) in [5.74, 6) is -0.687. The van der Waals surface area contributed by atoms with E-state index in [4.69, 9.17) is 9.84 Å². The highest BCUT2D eigenvalue weighted by Gasteiger charge is 2.35. The molecule has 1 amide bonds. The molecule has 0 unspecified atom stereocenters. The van der Waals surface area contributed by atoms with Crippen LogP contribution in [0.15, 0.2) is 30.3 Å². The maximum absolute atomic E-state index is 12.3. The number of nitrogens with zero attached hydrogens (tertiary/aromatic N) is 2. The van der Waals surface area contributed by atoms with Gasteiger partial charge in [-0.15, -0.1) is 0 Å². The molecule has 24 heavy (non-hydrogen) atoms. The molecule has 7 nitrogen and oxygen atoms in total. The third-order valence-corrected chi connectivity index (χ3v) is 4.26. The number of nitrogens with one attached hydrogen (secondary N) is 1. The fraction of sp³-hybridized carbons (Fsp3) is 0.353. The van der Waals surface area contributed by atoms with Gasteiger partial charge in [0.05, 0.1) is 18.7 Å². The highest BCUT2D eigenvalue weighted by atomic mass is 16.5. The molecule has 0 atom stereocenters. The summed E-state index contributed by atoms with van der Waals surface area (Å²) in [5, 5.41) is 16.0. The average Bonchev–Trinajstić information content (AvgIpc) is 2.92. The number of hydrogen-bond acceptors (Lipinski definition) is 4. The quantitative estimate of drug-likeness (QED) is 0.872. The SMILES string of the molecule is COc1ccc(-n2nc(C(=O)NC3CC(C(=O)O)C3)cc2C)cc1. The molecule has 1 aromatic carbocycles. The molecule has 1 aliphatic rings. The van der Waals surface area contributed by atoms with Gasteiger partial charge in [-0.2, -0.15) is 5.10 Å². The van der Waals surface area contributed by atoms with E-state index in [0.717, 1.165) is 17.1 Å². The molecule has 1 aromatic heterocycles. The normalized spacial score (nSPS) is 19.4. The first-order chi connectivity index (χ1) is 11.5. The van der Waals surface area contributed by atoms with Gasteiger partial charge in [0, 0.05) is 11.7 Å². The highest BCUT2D eigenvalue weighted by molar-refractivity contribution is 5.92. The van der Waals surface area contributed by atoms with Crippen LogP contribution in [0.3, 0.4) is 0 Å². The number of methoxy groups -OCH3 is 1. The van der Waals surface area contributed by atoms with E-state index in [1.807, 2.05) is 31.2 Å². The Bertz CT molecular complexity index is 761. The largest absolute Gasteiger partial charge is 0.497 e. The summed E-state index contributed by atoms with van der Waals surface area (Å²) in [4.78, 5) is 23.1. The van der Waals surface area contributed by atoms with Gasteiger partial charge in [-0.25, -0.2) is 4.68 Å². The molecule has 126 valence electrons. The van der Waals surface area contributed by atoms with Crippen LogP contribution < -0.4 is 10.1 Å². The number of ether oxygens (including phenoxy) is 1. The zero-order valence-corrected chi connectivity index (χ0v) is 13.5. The number of carboxylic acids is 1. The molecular formula is C17H19N3O4. The van der Waals surface area contributed by atoms with Crippen molar-refractivity contribution in [2.24, 2.45) is 5.92 Å². The van der Waals surface area contributed by atoms with Crippen molar-refractivity contribution in [1.82, 2.24) is 15.1 Å². The molecule has 2 N–H and O–H groups in total. The summed E-state index contributed by atoms with van der Waals surface area (Å²) in [7, 11) is 1.60. The van der Waals surface area contributed by atoms with Crippen molar-refractivity contribution in [1.29, 1.82) is 0 Å². The predicted molar refractivity (Wildman–Crippen MR) is 86.5 cm³/mol. The molecule has 1 aliphatic carbocycles. The van der Waals surface area contributed by atoms with E-state index in [9.17, 15) is 9.59 Å². The first-order valence-corrected chi connectivity index (χ1v) is 7.72. The molecule has 7 heteroatoms. The summed E-state index contributed by atoms with van der Waals surface area (Å²) in [6.45, 7) is 1.87. The minimum absolute atomic E-state index is 0.0926. The highest BCUT2D eigenvalue weighted by Crippen LogP contribution is 2.27. The van der Waals surface area contributed by atoms with Gasteiger partial charge >= 0.3 is 5.97 Å². The van der Waals surface area contributed by atoms with E-state index in [1.54, 1.807) is 17.9 Å². The molecular weight excluding hydrogens is 310 g/mol.